The van der Waals surface area contributed by atoms with E-state index in [4.69, 9.17) is 9.98 Å². The van der Waals surface area contributed by atoms with Gasteiger partial charge in [0.25, 0.3) is 0 Å². The monoisotopic (exact) mass is 490 g/mol. The Hall–Kier alpha value is -4.96. The number of nitrogens with zero attached hydrogens (tertiary/aromatic N) is 4. The first kappa shape index (κ1) is 23.4. The van der Waals surface area contributed by atoms with E-state index in [-0.39, 0.29) is 0 Å². The van der Waals surface area contributed by atoms with Gasteiger partial charge in [0.15, 0.2) is 0 Å². The van der Waals surface area contributed by atoms with Crippen molar-refractivity contribution in [2.45, 2.75) is 13.8 Å². The summed E-state index contributed by atoms with van der Waals surface area (Å²) in [6.07, 6.45) is 3.68. The smallest absolute Gasteiger partial charge is 0.0815 e. The molecule has 4 aromatic carbocycles. The summed E-state index contributed by atoms with van der Waals surface area (Å²) in [6.45, 7) is 3.98. The summed E-state index contributed by atoms with van der Waals surface area (Å²) in [5, 5.41) is 4.55. The number of hydrogen-bond donors (Lipinski definition) is 0. The second-order valence-electron chi connectivity index (χ2n) is 9.29. The highest BCUT2D eigenvalue weighted by atomic mass is 14.8. The minimum absolute atomic E-state index is 0.825. The maximum absolute atomic E-state index is 4.97. The third-order valence-corrected chi connectivity index (χ3v) is 6.56. The molecule has 2 heterocycles. The van der Waals surface area contributed by atoms with E-state index in [1.807, 2.05) is 62.7 Å². The van der Waals surface area contributed by atoms with Crippen LogP contribution < -0.4 is 0 Å². The highest BCUT2D eigenvalue weighted by molar-refractivity contribution is 6.13. The van der Waals surface area contributed by atoms with Crippen LogP contribution in [0.1, 0.15) is 22.8 Å². The van der Waals surface area contributed by atoms with Crippen molar-refractivity contribution in [1.29, 1.82) is 0 Å². The largest absolute Gasteiger partial charge is 0.254 e. The lowest BCUT2D eigenvalue weighted by atomic mass is 9.91. The van der Waals surface area contributed by atoms with Crippen LogP contribution in [0.15, 0.2) is 119 Å². The Kier molecular flexibility index (Phi) is 6.29. The first-order valence-electron chi connectivity index (χ1n) is 12.6. The van der Waals surface area contributed by atoms with Crippen LogP contribution in [0.5, 0.6) is 0 Å². The number of hydrogen-bond acceptors (Lipinski definition) is 4. The van der Waals surface area contributed by atoms with E-state index in [1.165, 1.54) is 0 Å². The van der Waals surface area contributed by atoms with Crippen LogP contribution in [0, 0.1) is 13.8 Å². The van der Waals surface area contributed by atoms with E-state index in [0.717, 1.165) is 66.8 Å². The predicted molar refractivity (Wildman–Crippen MR) is 159 cm³/mol. The van der Waals surface area contributed by atoms with Gasteiger partial charge in [0.05, 0.1) is 35.2 Å². The van der Waals surface area contributed by atoms with Crippen molar-refractivity contribution in [3.05, 3.63) is 132 Å². The zero-order valence-electron chi connectivity index (χ0n) is 21.3. The maximum atomic E-state index is 4.97. The number of pyridine rings is 2. The Morgan fingerprint density at radius 1 is 0.474 bits per heavy atom. The van der Waals surface area contributed by atoms with E-state index in [0.29, 0.717) is 0 Å². The predicted octanol–water partition coefficient (Wildman–Crippen LogP) is 8.57. The zero-order valence-corrected chi connectivity index (χ0v) is 21.3. The van der Waals surface area contributed by atoms with E-state index < -0.39 is 0 Å². The summed E-state index contributed by atoms with van der Waals surface area (Å²) in [5.74, 6) is 0. The van der Waals surface area contributed by atoms with Crippen molar-refractivity contribution < 1.29 is 0 Å². The summed E-state index contributed by atoms with van der Waals surface area (Å²) in [7, 11) is 0. The molecule has 0 spiro atoms. The molecule has 4 heteroatoms. The summed E-state index contributed by atoms with van der Waals surface area (Å²) in [4.78, 5) is 19.2. The van der Waals surface area contributed by atoms with Crippen LogP contribution in [0.4, 0.5) is 11.4 Å². The molecule has 0 N–H and O–H groups in total. The van der Waals surface area contributed by atoms with Crippen molar-refractivity contribution in [3.8, 4) is 11.1 Å². The summed E-state index contributed by atoms with van der Waals surface area (Å²) in [6, 6.07) is 37.2. The Morgan fingerprint density at radius 3 is 1.37 bits per heavy atom. The SMILES string of the molecule is Cc1cccc(C=Nc2ccc3ccccc3c2-c2c(N=Cc3cccc(C)n3)ccc3ccccc23)n1. The van der Waals surface area contributed by atoms with Crippen LogP contribution in [0.2, 0.25) is 0 Å². The number of aliphatic imine (C=N–C) groups is 2. The standard InChI is InChI=1S/C34H26N4/c1-23-9-7-13-27(37-23)21-35-31-19-17-25-11-3-5-15-29(25)33(31)34-30-16-6-4-12-26(30)18-20-32(34)36-22-28-14-8-10-24(2)38-28/h3-22H,1-2H3. The average Bonchev–Trinajstić information content (AvgIpc) is 2.94. The molecule has 0 aliphatic carbocycles. The molecule has 0 aliphatic rings. The molecule has 0 atom stereocenters. The Labute approximate surface area is 222 Å². The first-order chi connectivity index (χ1) is 18.7. The van der Waals surface area contributed by atoms with Crippen molar-refractivity contribution in [1.82, 2.24) is 9.97 Å². The number of aromatic nitrogens is 2. The second-order valence-corrected chi connectivity index (χ2v) is 9.29. The molecule has 0 saturated carbocycles. The van der Waals surface area contributed by atoms with E-state index in [1.54, 1.807) is 0 Å². The summed E-state index contributed by atoms with van der Waals surface area (Å²) >= 11 is 0. The summed E-state index contributed by atoms with van der Waals surface area (Å²) < 4.78 is 0. The third kappa shape index (κ3) is 4.72. The van der Waals surface area contributed by atoms with Crippen LogP contribution in [-0.4, -0.2) is 22.4 Å². The molecular weight excluding hydrogens is 464 g/mol. The molecule has 2 aromatic heterocycles. The Balaban J connectivity index is 1.62. The zero-order chi connectivity index (χ0) is 25.9. The lowest BCUT2D eigenvalue weighted by Crippen LogP contribution is -1.91. The fourth-order valence-electron chi connectivity index (χ4n) is 4.80. The molecule has 6 rings (SSSR count). The fraction of sp³-hybridized carbons (Fsp3) is 0.0588. The number of fused-ring (bicyclic) bond motifs is 2. The highest BCUT2D eigenvalue weighted by Gasteiger charge is 2.16. The van der Waals surface area contributed by atoms with Crippen molar-refractivity contribution >= 4 is 45.3 Å². The van der Waals surface area contributed by atoms with Gasteiger partial charge in [0, 0.05) is 22.5 Å². The van der Waals surface area contributed by atoms with E-state index >= 15 is 0 Å². The van der Waals surface area contributed by atoms with E-state index in [2.05, 4.69) is 82.8 Å². The van der Waals surface area contributed by atoms with Crippen molar-refractivity contribution in [2.24, 2.45) is 9.98 Å². The Morgan fingerprint density at radius 2 is 0.921 bits per heavy atom. The average molecular weight is 491 g/mol. The van der Waals surface area contributed by atoms with Gasteiger partial charge in [-0.25, -0.2) is 0 Å². The minimum atomic E-state index is 0.825. The van der Waals surface area contributed by atoms with Gasteiger partial charge in [0.2, 0.25) is 0 Å². The second kappa shape index (κ2) is 10.2. The molecule has 0 bridgehead atoms. The molecule has 4 nitrogen and oxygen atoms in total. The first-order valence-corrected chi connectivity index (χ1v) is 12.6. The number of aryl methyl sites for hydroxylation is 2. The maximum Gasteiger partial charge on any atom is 0.0815 e. The van der Waals surface area contributed by atoms with Crippen LogP contribution in [-0.2, 0) is 0 Å². The van der Waals surface area contributed by atoms with Crippen molar-refractivity contribution in [2.75, 3.05) is 0 Å². The third-order valence-electron chi connectivity index (χ3n) is 6.56. The van der Waals surface area contributed by atoms with Crippen LogP contribution in [0.25, 0.3) is 32.7 Å². The number of rotatable bonds is 5. The molecule has 0 unspecified atom stereocenters. The van der Waals surface area contributed by atoms with Gasteiger partial charge in [0.1, 0.15) is 0 Å². The van der Waals surface area contributed by atoms with E-state index in [9.17, 15) is 0 Å². The molecule has 0 fully saturated rings. The van der Waals surface area contributed by atoms with Gasteiger partial charge in [-0.3, -0.25) is 20.0 Å². The molecule has 6 aromatic rings. The molecule has 0 saturated heterocycles. The summed E-state index contributed by atoms with van der Waals surface area (Å²) in [5.41, 5.74) is 7.41. The lowest BCUT2D eigenvalue weighted by Gasteiger charge is -2.16. The van der Waals surface area contributed by atoms with Gasteiger partial charge in [-0.2, -0.15) is 0 Å². The van der Waals surface area contributed by atoms with Crippen LogP contribution >= 0.6 is 0 Å². The quantitative estimate of drug-likeness (QED) is 0.227. The van der Waals surface area contributed by atoms with Gasteiger partial charge < -0.3 is 0 Å². The molecule has 38 heavy (non-hydrogen) atoms. The normalized spacial score (nSPS) is 11.7. The lowest BCUT2D eigenvalue weighted by molar-refractivity contribution is 1.18. The molecular formula is C34H26N4. The van der Waals surface area contributed by atoms with Gasteiger partial charge in [-0.05, 0) is 71.8 Å². The topological polar surface area (TPSA) is 50.5 Å². The minimum Gasteiger partial charge on any atom is -0.254 e. The van der Waals surface area contributed by atoms with Gasteiger partial charge in [-0.1, -0.05) is 72.8 Å². The molecule has 0 amide bonds. The molecule has 182 valence electrons. The van der Waals surface area contributed by atoms with Gasteiger partial charge >= 0.3 is 0 Å². The Bertz CT molecular complexity index is 1710. The fourth-order valence-corrected chi connectivity index (χ4v) is 4.80. The number of benzene rings is 4. The van der Waals surface area contributed by atoms with Crippen LogP contribution in [0.3, 0.4) is 0 Å². The molecule has 0 aliphatic heterocycles. The van der Waals surface area contributed by atoms with Gasteiger partial charge in [-0.15, -0.1) is 0 Å². The molecule has 0 radical (unpaired) electrons. The highest BCUT2D eigenvalue weighted by Crippen LogP contribution is 2.45. The van der Waals surface area contributed by atoms with Crippen molar-refractivity contribution in [3.63, 3.8) is 0 Å².